The molecule has 3 aliphatic carbocycles. The van der Waals surface area contributed by atoms with Crippen molar-refractivity contribution in [1.29, 1.82) is 0 Å². The van der Waals surface area contributed by atoms with Gasteiger partial charge in [0.05, 0.1) is 38.4 Å². The molecule has 7 rings (SSSR count). The van der Waals surface area contributed by atoms with Crippen LogP contribution in [0.5, 0.6) is 5.75 Å². The van der Waals surface area contributed by atoms with Crippen LogP contribution in [0.15, 0.2) is 60.7 Å². The third-order valence-corrected chi connectivity index (χ3v) is 14.0. The topological polar surface area (TPSA) is 173 Å². The second-order valence-electron chi connectivity index (χ2n) is 18.1. The molecule has 2 amide bonds. The molecule has 0 radical (unpaired) electrons. The van der Waals surface area contributed by atoms with Crippen LogP contribution in [0.4, 0.5) is 10.1 Å². The molecule has 1 aliphatic heterocycles. The fourth-order valence-electron chi connectivity index (χ4n) is 10.1. The van der Waals surface area contributed by atoms with Gasteiger partial charge in [-0.1, -0.05) is 51.1 Å². The van der Waals surface area contributed by atoms with Gasteiger partial charge in [0.1, 0.15) is 23.7 Å². The standard InChI is InChI=1S/C45H63FN6O8S/c1-25-34-20-30(45(34,3)4)21-36(25)47-44(56)41-39(26(2)54)38(24-53)60-52(41)22-33-35(46)16-15-32(42(33)59-9)28-17-29(19-31(18-28)51(7)8)43(55)48-37(23-50(5)6)40(49-61(57)58)27-13-11-10-12-14-27/h10-19,25-26,30,34,36-41,53-54,61H,20-24H2,1-9H3,(H,47,56)(H,48,55)(H,49,57,58)/t25-,26-,30+,34-,36-,37+,38-,39+,40-,41-/m0/s1. The zero-order valence-corrected chi connectivity index (χ0v) is 37.5. The summed E-state index contributed by atoms with van der Waals surface area (Å²) in [5.41, 5.74) is 2.86. The quantitative estimate of drug-likeness (QED) is 0.109. The van der Waals surface area contributed by atoms with E-state index in [-0.39, 0.29) is 46.7 Å². The number of rotatable bonds is 17. The highest BCUT2D eigenvalue weighted by molar-refractivity contribution is 7.70. The Morgan fingerprint density at radius 2 is 1.77 bits per heavy atom. The van der Waals surface area contributed by atoms with Gasteiger partial charge in [-0.25, -0.2) is 17.5 Å². The number of hydrogen-bond donors (Lipinski definition) is 6. The van der Waals surface area contributed by atoms with E-state index < -0.39 is 65.5 Å². The summed E-state index contributed by atoms with van der Waals surface area (Å²) in [6.45, 7) is 7.88. The zero-order valence-electron chi connectivity index (χ0n) is 36.6. The monoisotopic (exact) mass is 866 g/mol. The molecule has 10 atom stereocenters. The SMILES string of the molecule is COc1c(-c2cc(C(=O)N[C@H](CN(C)C)[C@@H](N[SH](=O)=O)c3ccccc3)cc(N(C)C)c2)ccc(F)c1CN1O[C@@H](CO)[C@@H]([C@H](C)O)[C@H]1C(=O)N[C@H]1C[C@H]2C[C@@H]([C@@H]1C)C2(C)C. The van der Waals surface area contributed by atoms with Gasteiger partial charge in [-0.2, -0.15) is 5.06 Å². The largest absolute Gasteiger partial charge is 0.496 e. The van der Waals surface area contributed by atoms with Gasteiger partial charge in [0, 0.05) is 55.0 Å². The lowest BCUT2D eigenvalue weighted by Gasteiger charge is -2.62. The van der Waals surface area contributed by atoms with Crippen LogP contribution < -0.4 is 25.0 Å². The number of anilines is 1. The van der Waals surface area contributed by atoms with Gasteiger partial charge in [-0.15, -0.1) is 0 Å². The fraction of sp³-hybridized carbons (Fsp3) is 0.556. The number of benzene rings is 3. The van der Waals surface area contributed by atoms with Crippen molar-refractivity contribution < 1.29 is 42.2 Å². The summed E-state index contributed by atoms with van der Waals surface area (Å²) >= 11 is 0. The molecule has 61 heavy (non-hydrogen) atoms. The molecule has 0 aromatic heterocycles. The Balaban J connectivity index is 1.34. The number of hydroxylamine groups is 2. The number of carbonyl (C=O) groups excluding carboxylic acids is 2. The summed E-state index contributed by atoms with van der Waals surface area (Å²) in [6.07, 6.45) is 0.00998. The van der Waals surface area contributed by atoms with E-state index in [4.69, 9.17) is 9.57 Å². The number of aliphatic hydroxyl groups is 2. The summed E-state index contributed by atoms with van der Waals surface area (Å²) in [5.74, 6) is -0.915. The molecular formula is C45H63FN6O8S. The minimum Gasteiger partial charge on any atom is -0.496 e. The maximum Gasteiger partial charge on any atom is 0.251 e. The number of nitrogens with one attached hydrogen (secondary N) is 3. The smallest absolute Gasteiger partial charge is 0.251 e. The lowest BCUT2D eigenvalue weighted by atomic mass is 9.45. The van der Waals surface area contributed by atoms with E-state index in [1.54, 1.807) is 49.4 Å². The van der Waals surface area contributed by atoms with Gasteiger partial charge in [0.15, 0.2) is 0 Å². The molecule has 2 bridgehead atoms. The Hall–Kier alpha value is -4.16. The molecule has 0 spiro atoms. The van der Waals surface area contributed by atoms with E-state index >= 15 is 4.39 Å². The molecule has 334 valence electrons. The second kappa shape index (κ2) is 19.1. The summed E-state index contributed by atoms with van der Waals surface area (Å²) in [4.78, 5) is 38.5. The van der Waals surface area contributed by atoms with E-state index in [2.05, 4.69) is 36.1 Å². The van der Waals surface area contributed by atoms with Crippen molar-refractivity contribution in [2.45, 2.75) is 83.5 Å². The summed E-state index contributed by atoms with van der Waals surface area (Å²) in [5, 5.41) is 29.0. The van der Waals surface area contributed by atoms with Crippen LogP contribution in [0.1, 0.15) is 68.1 Å². The second-order valence-corrected chi connectivity index (χ2v) is 18.9. The van der Waals surface area contributed by atoms with E-state index in [1.807, 2.05) is 50.1 Å². The van der Waals surface area contributed by atoms with Gasteiger partial charge in [0.2, 0.25) is 16.8 Å². The molecule has 4 aliphatic rings. The Kier molecular flexibility index (Phi) is 14.5. The van der Waals surface area contributed by atoms with Crippen LogP contribution in [0, 0.1) is 34.9 Å². The Labute approximate surface area is 360 Å². The lowest BCUT2D eigenvalue weighted by Crippen LogP contribution is -2.62. The number of ether oxygens (including phenoxy) is 1. The molecule has 3 saturated carbocycles. The van der Waals surface area contributed by atoms with Crippen molar-refractivity contribution >= 4 is 28.4 Å². The number of methoxy groups -OCH3 is 1. The minimum absolute atomic E-state index is 0.0746. The van der Waals surface area contributed by atoms with Crippen molar-refractivity contribution in [2.24, 2.45) is 29.1 Å². The number of halogens is 1. The van der Waals surface area contributed by atoms with E-state index in [9.17, 15) is 28.2 Å². The van der Waals surface area contributed by atoms with Gasteiger partial charge in [-0.05, 0) is 98.5 Å². The first-order chi connectivity index (χ1) is 28.9. The van der Waals surface area contributed by atoms with Gasteiger partial charge in [0.25, 0.3) is 5.91 Å². The van der Waals surface area contributed by atoms with Crippen LogP contribution in [0.3, 0.4) is 0 Å². The number of hydrogen-bond acceptors (Lipinski definition) is 11. The van der Waals surface area contributed by atoms with Crippen LogP contribution in [-0.2, 0) is 27.1 Å². The molecule has 5 N–H and O–H groups in total. The number of amides is 2. The molecule has 16 heteroatoms. The number of fused-ring (bicyclic) bond motifs is 2. The number of aliphatic hydroxyl groups excluding tert-OH is 2. The van der Waals surface area contributed by atoms with Gasteiger partial charge in [-0.3, -0.25) is 14.4 Å². The Bertz CT molecular complexity index is 2110. The van der Waals surface area contributed by atoms with Crippen molar-refractivity contribution in [1.82, 2.24) is 25.3 Å². The summed E-state index contributed by atoms with van der Waals surface area (Å²) in [7, 11) is 5.71. The first-order valence-electron chi connectivity index (χ1n) is 21.0. The van der Waals surface area contributed by atoms with E-state index in [0.717, 1.165) is 12.8 Å². The third-order valence-electron chi connectivity index (χ3n) is 13.5. The number of nitrogens with zero attached hydrogens (tertiary/aromatic N) is 3. The number of likely N-dealkylation sites (N-methyl/N-ethyl adjacent to an activating group) is 1. The van der Waals surface area contributed by atoms with E-state index in [0.29, 0.717) is 40.8 Å². The first kappa shape index (κ1) is 46.3. The molecule has 0 unspecified atom stereocenters. The van der Waals surface area contributed by atoms with Crippen molar-refractivity contribution in [3.8, 4) is 16.9 Å². The van der Waals surface area contributed by atoms with E-state index in [1.165, 1.54) is 18.2 Å². The highest BCUT2D eigenvalue weighted by Crippen LogP contribution is 2.61. The van der Waals surface area contributed by atoms with Crippen LogP contribution in [0.25, 0.3) is 11.1 Å². The number of carbonyl (C=O) groups is 2. The predicted molar refractivity (Wildman–Crippen MR) is 233 cm³/mol. The molecule has 3 aromatic carbocycles. The zero-order chi connectivity index (χ0) is 44.5. The van der Waals surface area contributed by atoms with Gasteiger partial charge < -0.3 is 35.4 Å². The molecule has 3 aromatic rings. The maximum absolute atomic E-state index is 16.2. The average Bonchev–Trinajstić information content (AvgIpc) is 3.59. The molecule has 4 fully saturated rings. The molecule has 1 heterocycles. The molecular weight excluding hydrogens is 804 g/mol. The Morgan fingerprint density at radius 3 is 2.34 bits per heavy atom. The summed E-state index contributed by atoms with van der Waals surface area (Å²) in [6, 6.07) is 14.5. The van der Waals surface area contributed by atoms with Crippen LogP contribution in [0.2, 0.25) is 0 Å². The average molecular weight is 867 g/mol. The molecule has 1 saturated heterocycles. The summed E-state index contributed by atoms with van der Waals surface area (Å²) < 4.78 is 48.8. The highest BCUT2D eigenvalue weighted by Gasteiger charge is 2.57. The maximum atomic E-state index is 16.2. The third kappa shape index (κ3) is 9.75. The lowest BCUT2D eigenvalue weighted by molar-refractivity contribution is -0.183. The van der Waals surface area contributed by atoms with Crippen LogP contribution in [-0.4, -0.2) is 119 Å². The highest BCUT2D eigenvalue weighted by atomic mass is 32.2. The fourth-order valence-corrected chi connectivity index (χ4v) is 10.6. The predicted octanol–water partition coefficient (Wildman–Crippen LogP) is 3.75. The van der Waals surface area contributed by atoms with Crippen molar-refractivity contribution in [3.63, 3.8) is 0 Å². The van der Waals surface area contributed by atoms with Crippen molar-refractivity contribution in [3.05, 3.63) is 83.2 Å². The van der Waals surface area contributed by atoms with Crippen LogP contribution >= 0.6 is 0 Å². The number of thiol groups is 1. The first-order valence-corrected chi connectivity index (χ1v) is 22.2. The van der Waals surface area contributed by atoms with Crippen molar-refractivity contribution in [2.75, 3.05) is 53.4 Å². The normalized spacial score (nSPS) is 26.0. The molecule has 14 nitrogen and oxygen atoms in total. The Morgan fingerprint density at radius 1 is 1.07 bits per heavy atom. The minimum atomic E-state index is -3.02. The van der Waals surface area contributed by atoms with Gasteiger partial charge >= 0.3 is 0 Å².